The summed E-state index contributed by atoms with van der Waals surface area (Å²) in [6.45, 7) is 4.27. The van der Waals surface area contributed by atoms with Gasteiger partial charge in [-0.1, -0.05) is 31.5 Å². The van der Waals surface area contributed by atoms with Gasteiger partial charge in [0.15, 0.2) is 0 Å². The van der Waals surface area contributed by atoms with Crippen molar-refractivity contribution in [3.05, 3.63) is 46.7 Å². The van der Waals surface area contributed by atoms with Gasteiger partial charge in [-0.15, -0.1) is 0 Å². The van der Waals surface area contributed by atoms with Gasteiger partial charge in [-0.25, -0.2) is 0 Å². The van der Waals surface area contributed by atoms with E-state index < -0.39 is 0 Å². The molecule has 0 aliphatic carbocycles. The second kappa shape index (κ2) is 4.75. The summed E-state index contributed by atoms with van der Waals surface area (Å²) in [5.74, 6) is 0.913. The zero-order valence-electron chi connectivity index (χ0n) is 9.59. The molecule has 1 aromatic carbocycles. The third-order valence-corrected chi connectivity index (χ3v) is 3.20. The van der Waals surface area contributed by atoms with Gasteiger partial charge in [-0.05, 0) is 42.2 Å². The van der Waals surface area contributed by atoms with E-state index in [9.17, 15) is 0 Å². The molecule has 0 N–H and O–H groups in total. The van der Waals surface area contributed by atoms with Gasteiger partial charge in [0.1, 0.15) is 5.76 Å². The smallest absolute Gasteiger partial charge is 0.134 e. The molecule has 1 heterocycles. The molecule has 2 heteroatoms. The van der Waals surface area contributed by atoms with E-state index in [1.54, 1.807) is 6.26 Å². The number of hydrogen-bond acceptors (Lipinski definition) is 1. The van der Waals surface area contributed by atoms with Gasteiger partial charge < -0.3 is 4.42 Å². The molecule has 84 valence electrons. The van der Waals surface area contributed by atoms with Crippen LogP contribution in [0.15, 0.2) is 34.9 Å². The van der Waals surface area contributed by atoms with E-state index in [0.717, 1.165) is 23.6 Å². The van der Waals surface area contributed by atoms with Crippen molar-refractivity contribution in [2.24, 2.45) is 0 Å². The van der Waals surface area contributed by atoms with Crippen LogP contribution in [0.5, 0.6) is 0 Å². The average Bonchev–Trinajstić information content (AvgIpc) is 2.81. The maximum atomic E-state index is 6.23. The Bertz CT molecular complexity index is 472. The van der Waals surface area contributed by atoms with Crippen LogP contribution < -0.4 is 0 Å². The van der Waals surface area contributed by atoms with Gasteiger partial charge >= 0.3 is 0 Å². The minimum atomic E-state index is 0.825. The minimum absolute atomic E-state index is 0.825. The summed E-state index contributed by atoms with van der Waals surface area (Å²) in [6, 6.07) is 7.96. The SMILES string of the molecule is CCc1ccc(Cl)c(CC)c1-c1ccco1. The highest BCUT2D eigenvalue weighted by atomic mass is 35.5. The van der Waals surface area contributed by atoms with Crippen LogP contribution >= 0.6 is 11.6 Å². The summed E-state index contributed by atoms with van der Waals surface area (Å²) >= 11 is 6.23. The highest BCUT2D eigenvalue weighted by Crippen LogP contribution is 2.33. The molecular weight excluding hydrogens is 220 g/mol. The summed E-state index contributed by atoms with van der Waals surface area (Å²) in [6.07, 6.45) is 3.61. The van der Waals surface area contributed by atoms with Crippen LogP contribution in [-0.4, -0.2) is 0 Å². The van der Waals surface area contributed by atoms with E-state index in [-0.39, 0.29) is 0 Å². The van der Waals surface area contributed by atoms with Gasteiger partial charge in [0.05, 0.1) is 6.26 Å². The molecule has 1 nitrogen and oxygen atoms in total. The van der Waals surface area contributed by atoms with Gasteiger partial charge in [0, 0.05) is 10.6 Å². The molecule has 0 fully saturated rings. The molecule has 0 unspecified atom stereocenters. The summed E-state index contributed by atoms with van der Waals surface area (Å²) in [5.41, 5.74) is 3.63. The van der Waals surface area contributed by atoms with E-state index in [1.165, 1.54) is 16.7 Å². The number of aryl methyl sites for hydroxylation is 1. The molecule has 0 aliphatic rings. The van der Waals surface area contributed by atoms with Crippen molar-refractivity contribution in [2.45, 2.75) is 26.7 Å². The van der Waals surface area contributed by atoms with Crippen molar-refractivity contribution >= 4 is 11.6 Å². The maximum Gasteiger partial charge on any atom is 0.134 e. The van der Waals surface area contributed by atoms with Crippen LogP contribution in [0.25, 0.3) is 11.3 Å². The second-order valence-electron chi connectivity index (χ2n) is 3.74. The maximum absolute atomic E-state index is 6.23. The molecule has 2 rings (SSSR count). The monoisotopic (exact) mass is 234 g/mol. The zero-order valence-corrected chi connectivity index (χ0v) is 10.3. The van der Waals surface area contributed by atoms with E-state index in [0.29, 0.717) is 0 Å². The third kappa shape index (κ3) is 1.88. The first-order valence-electron chi connectivity index (χ1n) is 5.62. The lowest BCUT2D eigenvalue weighted by Crippen LogP contribution is -1.94. The molecular formula is C14H15ClO. The number of furan rings is 1. The molecule has 0 aliphatic heterocycles. The topological polar surface area (TPSA) is 13.1 Å². The summed E-state index contributed by atoms with van der Waals surface area (Å²) < 4.78 is 5.50. The highest BCUT2D eigenvalue weighted by molar-refractivity contribution is 6.31. The standard InChI is InChI=1S/C14H15ClO/c1-3-10-7-8-12(15)11(4-2)14(10)13-6-5-9-16-13/h5-9H,3-4H2,1-2H3. The predicted octanol–water partition coefficient (Wildman–Crippen LogP) is 4.72. The van der Waals surface area contributed by atoms with Crippen molar-refractivity contribution in [1.29, 1.82) is 0 Å². The molecule has 0 bridgehead atoms. The fourth-order valence-corrected chi connectivity index (χ4v) is 2.33. The lowest BCUT2D eigenvalue weighted by molar-refractivity contribution is 0.581. The fourth-order valence-electron chi connectivity index (χ4n) is 2.04. The Kier molecular flexibility index (Phi) is 3.35. The van der Waals surface area contributed by atoms with Crippen LogP contribution in [0.2, 0.25) is 5.02 Å². The number of benzene rings is 1. The van der Waals surface area contributed by atoms with Crippen LogP contribution in [0, 0.1) is 0 Å². The Morgan fingerprint density at radius 2 is 1.94 bits per heavy atom. The van der Waals surface area contributed by atoms with Crippen molar-refractivity contribution < 1.29 is 4.42 Å². The normalized spacial score (nSPS) is 10.7. The molecule has 1 aromatic heterocycles. The van der Waals surface area contributed by atoms with E-state index in [2.05, 4.69) is 19.9 Å². The molecule has 0 saturated heterocycles. The molecule has 0 saturated carbocycles. The summed E-state index contributed by atoms with van der Waals surface area (Å²) in [5, 5.41) is 0.825. The minimum Gasteiger partial charge on any atom is -0.464 e. The molecule has 16 heavy (non-hydrogen) atoms. The molecule has 0 atom stereocenters. The van der Waals surface area contributed by atoms with Gasteiger partial charge in [0.25, 0.3) is 0 Å². The predicted molar refractivity (Wildman–Crippen MR) is 67.9 cm³/mol. The van der Waals surface area contributed by atoms with Gasteiger partial charge in [0.2, 0.25) is 0 Å². The Labute approximate surface area is 101 Å². The van der Waals surface area contributed by atoms with Crippen LogP contribution in [0.3, 0.4) is 0 Å². The number of halogens is 1. The van der Waals surface area contributed by atoms with E-state index in [1.807, 2.05) is 18.2 Å². The lowest BCUT2D eigenvalue weighted by atomic mass is 9.96. The van der Waals surface area contributed by atoms with Crippen LogP contribution in [0.1, 0.15) is 25.0 Å². The van der Waals surface area contributed by atoms with Gasteiger partial charge in [-0.2, -0.15) is 0 Å². The van der Waals surface area contributed by atoms with Crippen molar-refractivity contribution in [2.75, 3.05) is 0 Å². The molecule has 0 radical (unpaired) electrons. The first-order valence-corrected chi connectivity index (χ1v) is 5.99. The van der Waals surface area contributed by atoms with Crippen molar-refractivity contribution in [1.82, 2.24) is 0 Å². The quantitative estimate of drug-likeness (QED) is 0.749. The number of rotatable bonds is 3. The van der Waals surface area contributed by atoms with Gasteiger partial charge in [-0.3, -0.25) is 0 Å². The number of hydrogen-bond donors (Lipinski definition) is 0. The Balaban J connectivity index is 2.68. The molecule has 0 amide bonds. The second-order valence-corrected chi connectivity index (χ2v) is 4.15. The zero-order chi connectivity index (χ0) is 11.5. The largest absolute Gasteiger partial charge is 0.464 e. The average molecular weight is 235 g/mol. The van der Waals surface area contributed by atoms with Crippen molar-refractivity contribution in [3.8, 4) is 11.3 Å². The van der Waals surface area contributed by atoms with Crippen molar-refractivity contribution in [3.63, 3.8) is 0 Å². The molecule has 2 aromatic rings. The fraction of sp³-hybridized carbons (Fsp3) is 0.286. The Morgan fingerprint density at radius 1 is 1.12 bits per heavy atom. The highest BCUT2D eigenvalue weighted by Gasteiger charge is 2.13. The first-order chi connectivity index (χ1) is 7.77. The Hall–Kier alpha value is -1.21. The lowest BCUT2D eigenvalue weighted by Gasteiger charge is -2.12. The summed E-state index contributed by atoms with van der Waals surface area (Å²) in [7, 11) is 0. The van der Waals surface area contributed by atoms with E-state index in [4.69, 9.17) is 16.0 Å². The third-order valence-electron chi connectivity index (χ3n) is 2.84. The summed E-state index contributed by atoms with van der Waals surface area (Å²) in [4.78, 5) is 0. The molecule has 0 spiro atoms. The van der Waals surface area contributed by atoms with Crippen LogP contribution in [-0.2, 0) is 12.8 Å². The first kappa shape index (κ1) is 11.3. The van der Waals surface area contributed by atoms with E-state index >= 15 is 0 Å². The van der Waals surface area contributed by atoms with Crippen LogP contribution in [0.4, 0.5) is 0 Å². The Morgan fingerprint density at radius 3 is 2.50 bits per heavy atom.